The van der Waals surface area contributed by atoms with E-state index in [-0.39, 0.29) is 11.5 Å². The van der Waals surface area contributed by atoms with E-state index in [0.717, 1.165) is 30.8 Å². The molecule has 1 unspecified atom stereocenters. The molecule has 0 amide bonds. The maximum atomic E-state index is 10.9. The lowest BCUT2D eigenvalue weighted by Crippen LogP contribution is -2.67. The van der Waals surface area contributed by atoms with Crippen molar-refractivity contribution in [2.75, 3.05) is 6.61 Å². The Bertz CT molecular complexity index is 801. The summed E-state index contributed by atoms with van der Waals surface area (Å²) in [5.41, 5.74) is 2.16. The van der Waals surface area contributed by atoms with Crippen molar-refractivity contribution in [3.8, 4) is 0 Å². The standard InChI is InChI=1S/C30H50O2/c1-25(2)14-16-30-17-15-28(6)19(23(30)24(25)32-18-30)8-9-21-27(5)12-11-22(31)26(3,4)20(27)10-13-29(21,28)7/h19-24,31H,8-18H2,1-7H3/t19-,20?,21-,22+,23+,24-,27+,28-,29-,30-/m1/s1. The van der Waals surface area contributed by atoms with Gasteiger partial charge in [-0.05, 0) is 120 Å². The van der Waals surface area contributed by atoms with Crippen molar-refractivity contribution in [1.29, 1.82) is 0 Å². The molecule has 0 aromatic heterocycles. The first-order valence-electron chi connectivity index (χ1n) is 14.1. The van der Waals surface area contributed by atoms with E-state index in [0.29, 0.717) is 39.1 Å². The Labute approximate surface area is 197 Å². The molecule has 1 heterocycles. The van der Waals surface area contributed by atoms with Gasteiger partial charge in [-0.3, -0.25) is 0 Å². The van der Waals surface area contributed by atoms with Gasteiger partial charge >= 0.3 is 0 Å². The molecule has 0 spiro atoms. The quantitative estimate of drug-likeness (QED) is 0.428. The molecule has 6 aliphatic rings. The summed E-state index contributed by atoms with van der Waals surface area (Å²) in [6.45, 7) is 18.9. The first-order valence-corrected chi connectivity index (χ1v) is 14.1. The van der Waals surface area contributed by atoms with Crippen LogP contribution in [0.4, 0.5) is 0 Å². The fraction of sp³-hybridized carbons (Fsp3) is 1.00. The molecule has 32 heavy (non-hydrogen) atoms. The van der Waals surface area contributed by atoms with E-state index in [9.17, 15) is 5.11 Å². The molecule has 1 aliphatic heterocycles. The summed E-state index contributed by atoms with van der Waals surface area (Å²) in [6.07, 6.45) is 13.7. The highest BCUT2D eigenvalue weighted by molar-refractivity contribution is 5.21. The van der Waals surface area contributed by atoms with Crippen LogP contribution in [0.15, 0.2) is 0 Å². The Morgan fingerprint density at radius 3 is 2.16 bits per heavy atom. The van der Waals surface area contributed by atoms with E-state index in [1.54, 1.807) is 0 Å². The molecule has 182 valence electrons. The molecule has 10 atom stereocenters. The summed E-state index contributed by atoms with van der Waals surface area (Å²) in [4.78, 5) is 0. The van der Waals surface area contributed by atoms with E-state index < -0.39 is 0 Å². The normalized spacial score (nSPS) is 60.0. The van der Waals surface area contributed by atoms with Crippen LogP contribution < -0.4 is 0 Å². The molecule has 0 aromatic rings. The van der Waals surface area contributed by atoms with Crippen molar-refractivity contribution in [1.82, 2.24) is 0 Å². The van der Waals surface area contributed by atoms with Gasteiger partial charge in [-0.25, -0.2) is 0 Å². The topological polar surface area (TPSA) is 29.5 Å². The van der Waals surface area contributed by atoms with Crippen LogP contribution in [0.3, 0.4) is 0 Å². The van der Waals surface area contributed by atoms with Gasteiger partial charge in [0.1, 0.15) is 0 Å². The van der Waals surface area contributed by atoms with Crippen molar-refractivity contribution in [2.45, 2.75) is 125 Å². The van der Waals surface area contributed by atoms with Crippen LogP contribution in [0.25, 0.3) is 0 Å². The molecule has 0 radical (unpaired) electrons. The van der Waals surface area contributed by atoms with Crippen LogP contribution in [0.2, 0.25) is 0 Å². The zero-order valence-electron chi connectivity index (χ0n) is 22.1. The van der Waals surface area contributed by atoms with Crippen LogP contribution in [-0.2, 0) is 4.74 Å². The van der Waals surface area contributed by atoms with E-state index >= 15 is 0 Å². The average molecular weight is 443 g/mol. The molecule has 5 saturated carbocycles. The lowest BCUT2D eigenvalue weighted by atomic mass is 9.31. The Balaban J connectivity index is 1.39. The molecule has 2 heteroatoms. The molecule has 0 aromatic carbocycles. The fourth-order valence-corrected chi connectivity index (χ4v) is 12.0. The Morgan fingerprint density at radius 1 is 0.688 bits per heavy atom. The molecule has 2 bridgehead atoms. The number of fused-ring (bicyclic) bond motifs is 5. The SMILES string of the molecule is CC1(C)CC[C@]23CC[C@]4(C)[C@H](CC[C@@H]5[C@@]6(C)CC[C@H](O)C(C)(C)C6CC[C@]54C)[C@H]2[C@H]1OC3. The summed E-state index contributed by atoms with van der Waals surface area (Å²) >= 11 is 0. The number of aliphatic hydroxyl groups is 1. The molecule has 1 saturated heterocycles. The summed E-state index contributed by atoms with van der Waals surface area (Å²) in [7, 11) is 0. The molecule has 1 N–H and O–H groups in total. The maximum absolute atomic E-state index is 10.9. The highest BCUT2D eigenvalue weighted by Gasteiger charge is 2.72. The summed E-state index contributed by atoms with van der Waals surface area (Å²) < 4.78 is 6.71. The van der Waals surface area contributed by atoms with Crippen LogP contribution >= 0.6 is 0 Å². The maximum Gasteiger partial charge on any atom is 0.0663 e. The molecular weight excluding hydrogens is 392 g/mol. The Kier molecular flexibility index (Phi) is 4.46. The zero-order valence-corrected chi connectivity index (χ0v) is 22.1. The molecule has 5 aliphatic carbocycles. The van der Waals surface area contributed by atoms with Gasteiger partial charge in [0.05, 0.1) is 18.8 Å². The van der Waals surface area contributed by atoms with Gasteiger partial charge in [0.25, 0.3) is 0 Å². The number of hydrogen-bond donors (Lipinski definition) is 1. The van der Waals surface area contributed by atoms with Crippen LogP contribution in [0, 0.1) is 56.2 Å². The van der Waals surface area contributed by atoms with Crippen molar-refractivity contribution in [3.05, 3.63) is 0 Å². The number of ether oxygens (including phenoxy) is 1. The minimum atomic E-state index is -0.122. The third-order valence-electron chi connectivity index (χ3n) is 14.1. The number of aliphatic hydroxyl groups excluding tert-OH is 1. The average Bonchev–Trinajstić information content (AvgIpc) is 3.05. The third kappa shape index (κ3) is 2.41. The second-order valence-electron chi connectivity index (χ2n) is 15.7. The van der Waals surface area contributed by atoms with Crippen molar-refractivity contribution in [3.63, 3.8) is 0 Å². The number of hydrogen-bond acceptors (Lipinski definition) is 2. The van der Waals surface area contributed by atoms with Gasteiger partial charge in [0.15, 0.2) is 0 Å². The lowest BCUT2D eigenvalue weighted by molar-refractivity contribution is -0.252. The van der Waals surface area contributed by atoms with Crippen LogP contribution in [0.5, 0.6) is 0 Å². The first-order chi connectivity index (χ1) is 14.8. The van der Waals surface area contributed by atoms with Gasteiger partial charge in [0, 0.05) is 0 Å². The molecule has 2 nitrogen and oxygen atoms in total. The van der Waals surface area contributed by atoms with Crippen LogP contribution in [-0.4, -0.2) is 23.9 Å². The first kappa shape index (κ1) is 22.4. The van der Waals surface area contributed by atoms with Gasteiger partial charge in [-0.1, -0.05) is 48.5 Å². The Morgan fingerprint density at radius 2 is 1.41 bits per heavy atom. The summed E-state index contributed by atoms with van der Waals surface area (Å²) in [5, 5.41) is 10.9. The smallest absolute Gasteiger partial charge is 0.0663 e. The van der Waals surface area contributed by atoms with Gasteiger partial charge in [0.2, 0.25) is 0 Å². The number of rotatable bonds is 0. The highest BCUT2D eigenvalue weighted by atomic mass is 16.5. The van der Waals surface area contributed by atoms with Crippen molar-refractivity contribution < 1.29 is 9.84 Å². The third-order valence-corrected chi connectivity index (χ3v) is 14.1. The molecule has 6 rings (SSSR count). The summed E-state index contributed by atoms with van der Waals surface area (Å²) in [5.74, 6) is 3.11. The largest absolute Gasteiger partial charge is 0.393 e. The van der Waals surface area contributed by atoms with Gasteiger partial charge in [-0.2, -0.15) is 0 Å². The summed E-state index contributed by atoms with van der Waals surface area (Å²) in [6, 6.07) is 0. The predicted octanol–water partition coefficient (Wildman–Crippen LogP) is 7.24. The fourth-order valence-electron chi connectivity index (χ4n) is 12.0. The van der Waals surface area contributed by atoms with Crippen molar-refractivity contribution in [2.24, 2.45) is 56.2 Å². The second kappa shape index (κ2) is 6.37. The second-order valence-corrected chi connectivity index (χ2v) is 15.7. The monoisotopic (exact) mass is 442 g/mol. The van der Waals surface area contributed by atoms with Crippen molar-refractivity contribution >= 4 is 0 Å². The Hall–Kier alpha value is -0.0800. The highest BCUT2D eigenvalue weighted by Crippen LogP contribution is 2.78. The van der Waals surface area contributed by atoms with Gasteiger partial charge < -0.3 is 9.84 Å². The van der Waals surface area contributed by atoms with Crippen LogP contribution in [0.1, 0.15) is 113 Å². The van der Waals surface area contributed by atoms with Gasteiger partial charge in [-0.15, -0.1) is 0 Å². The minimum absolute atomic E-state index is 0.0586. The predicted molar refractivity (Wildman–Crippen MR) is 130 cm³/mol. The zero-order chi connectivity index (χ0) is 22.9. The van der Waals surface area contributed by atoms with E-state index in [4.69, 9.17) is 4.74 Å². The van der Waals surface area contributed by atoms with E-state index in [1.165, 1.54) is 57.8 Å². The van der Waals surface area contributed by atoms with E-state index in [1.807, 2.05) is 0 Å². The minimum Gasteiger partial charge on any atom is -0.393 e. The van der Waals surface area contributed by atoms with E-state index in [2.05, 4.69) is 48.5 Å². The molecular formula is C30H50O2. The molecule has 6 fully saturated rings. The lowest BCUT2D eigenvalue weighted by Gasteiger charge is -2.73.